The highest BCUT2D eigenvalue weighted by Crippen LogP contribution is 2.30. The van der Waals surface area contributed by atoms with Gasteiger partial charge in [-0.25, -0.2) is 4.79 Å². The van der Waals surface area contributed by atoms with E-state index in [0.29, 0.717) is 42.1 Å². The standard InChI is InChI=1S/C19H26O5/c1-4-7-9-18(20)24-16-11-10-14(13-17(16)23-6-3)12-15(8-5-2)19(21)22/h10-13H,4-9H2,1-3H3,(H,21,22)/b15-12+. The monoisotopic (exact) mass is 334 g/mol. The van der Waals surface area contributed by atoms with Gasteiger partial charge in [-0.3, -0.25) is 4.79 Å². The van der Waals surface area contributed by atoms with Crippen molar-refractivity contribution in [1.82, 2.24) is 0 Å². The SMILES string of the molecule is CCCCC(=O)Oc1ccc(/C=C(\CCC)C(=O)O)cc1OCC. The van der Waals surface area contributed by atoms with Gasteiger partial charge < -0.3 is 14.6 Å². The summed E-state index contributed by atoms with van der Waals surface area (Å²) >= 11 is 0. The van der Waals surface area contributed by atoms with Crippen molar-refractivity contribution in [3.05, 3.63) is 29.3 Å². The number of benzene rings is 1. The molecule has 0 aliphatic heterocycles. The fourth-order valence-corrected chi connectivity index (χ4v) is 2.17. The molecule has 0 saturated heterocycles. The van der Waals surface area contributed by atoms with Crippen LogP contribution in [0.1, 0.15) is 58.4 Å². The van der Waals surface area contributed by atoms with Crippen LogP contribution < -0.4 is 9.47 Å². The van der Waals surface area contributed by atoms with Gasteiger partial charge in [-0.2, -0.15) is 0 Å². The zero-order valence-corrected chi connectivity index (χ0v) is 14.6. The molecule has 0 aromatic heterocycles. The van der Waals surface area contributed by atoms with Crippen LogP contribution in [0.2, 0.25) is 0 Å². The average Bonchev–Trinajstić information content (AvgIpc) is 2.55. The lowest BCUT2D eigenvalue weighted by Gasteiger charge is -2.11. The van der Waals surface area contributed by atoms with Gasteiger partial charge in [0.05, 0.1) is 6.61 Å². The van der Waals surface area contributed by atoms with Crippen molar-refractivity contribution in [2.24, 2.45) is 0 Å². The van der Waals surface area contributed by atoms with Crippen LogP contribution in [-0.4, -0.2) is 23.7 Å². The number of carbonyl (C=O) groups is 2. The van der Waals surface area contributed by atoms with Gasteiger partial charge in [0.25, 0.3) is 0 Å². The van der Waals surface area contributed by atoms with Gasteiger partial charge in [-0.1, -0.05) is 32.8 Å². The van der Waals surface area contributed by atoms with E-state index in [1.54, 1.807) is 24.3 Å². The molecule has 0 aliphatic carbocycles. The van der Waals surface area contributed by atoms with Gasteiger partial charge >= 0.3 is 11.9 Å². The first-order valence-corrected chi connectivity index (χ1v) is 8.43. The van der Waals surface area contributed by atoms with Crippen LogP contribution in [0, 0.1) is 0 Å². The molecule has 1 aromatic rings. The topological polar surface area (TPSA) is 72.8 Å². The van der Waals surface area contributed by atoms with Crippen LogP contribution in [0.5, 0.6) is 11.5 Å². The van der Waals surface area contributed by atoms with E-state index in [2.05, 4.69) is 0 Å². The van der Waals surface area contributed by atoms with E-state index in [9.17, 15) is 14.7 Å². The van der Waals surface area contributed by atoms with E-state index in [1.165, 1.54) is 0 Å². The Hall–Kier alpha value is -2.30. The largest absolute Gasteiger partial charge is 0.490 e. The van der Waals surface area contributed by atoms with Crippen LogP contribution in [0.3, 0.4) is 0 Å². The summed E-state index contributed by atoms with van der Waals surface area (Å²) in [5, 5.41) is 9.23. The first-order chi connectivity index (χ1) is 11.5. The van der Waals surface area contributed by atoms with Crippen LogP contribution in [0.4, 0.5) is 0 Å². The minimum Gasteiger partial charge on any atom is -0.490 e. The van der Waals surface area contributed by atoms with Crippen molar-refractivity contribution >= 4 is 18.0 Å². The molecule has 0 amide bonds. The molecule has 132 valence electrons. The third kappa shape index (κ3) is 6.44. The number of esters is 1. The molecule has 1 N–H and O–H groups in total. The van der Waals surface area contributed by atoms with Gasteiger partial charge in [0, 0.05) is 12.0 Å². The third-order valence-corrected chi connectivity index (χ3v) is 3.36. The van der Waals surface area contributed by atoms with Crippen LogP contribution in [-0.2, 0) is 9.59 Å². The summed E-state index contributed by atoms with van der Waals surface area (Å²) in [7, 11) is 0. The van der Waals surface area contributed by atoms with Gasteiger partial charge in [-0.15, -0.1) is 0 Å². The molecule has 0 unspecified atom stereocenters. The van der Waals surface area contributed by atoms with Gasteiger partial charge in [-0.05, 0) is 43.5 Å². The van der Waals surface area contributed by atoms with Crippen molar-refractivity contribution < 1.29 is 24.2 Å². The van der Waals surface area contributed by atoms with Crippen molar-refractivity contribution in [3.63, 3.8) is 0 Å². The van der Waals surface area contributed by atoms with E-state index in [0.717, 1.165) is 19.3 Å². The lowest BCUT2D eigenvalue weighted by molar-refractivity contribution is -0.135. The Bertz CT molecular complexity index is 589. The highest BCUT2D eigenvalue weighted by molar-refractivity contribution is 5.92. The first kappa shape index (κ1) is 19.7. The Kier molecular flexibility index (Phi) is 8.61. The van der Waals surface area contributed by atoms with Crippen molar-refractivity contribution in [2.75, 3.05) is 6.61 Å². The average molecular weight is 334 g/mol. The Balaban J connectivity index is 3.03. The summed E-state index contributed by atoms with van der Waals surface area (Å²) in [6.45, 7) is 6.20. The van der Waals surface area contributed by atoms with Crippen LogP contribution in [0.25, 0.3) is 6.08 Å². The molecule has 5 heteroatoms. The number of unbranched alkanes of at least 4 members (excludes halogenated alkanes) is 1. The summed E-state index contributed by atoms with van der Waals surface area (Å²) in [5.41, 5.74) is 1.05. The maximum atomic E-state index is 11.8. The molecule has 0 spiro atoms. The summed E-state index contributed by atoms with van der Waals surface area (Å²) in [5.74, 6) is -0.414. The zero-order valence-electron chi connectivity index (χ0n) is 14.6. The molecule has 0 fully saturated rings. The molecule has 0 saturated carbocycles. The van der Waals surface area contributed by atoms with Crippen LogP contribution in [0.15, 0.2) is 23.8 Å². The first-order valence-electron chi connectivity index (χ1n) is 8.43. The number of carboxylic acids is 1. The smallest absolute Gasteiger partial charge is 0.331 e. The molecular formula is C19H26O5. The normalized spacial score (nSPS) is 11.2. The summed E-state index contributed by atoms with van der Waals surface area (Å²) < 4.78 is 10.9. The molecular weight excluding hydrogens is 308 g/mol. The number of hydrogen-bond acceptors (Lipinski definition) is 4. The maximum absolute atomic E-state index is 11.8. The zero-order chi connectivity index (χ0) is 17.9. The van der Waals surface area contributed by atoms with Crippen LogP contribution >= 0.6 is 0 Å². The molecule has 0 atom stereocenters. The number of carbonyl (C=O) groups excluding carboxylic acids is 1. The second-order valence-electron chi connectivity index (χ2n) is 5.44. The molecule has 1 aromatic carbocycles. The highest BCUT2D eigenvalue weighted by Gasteiger charge is 2.12. The van der Waals surface area contributed by atoms with Gasteiger partial charge in [0.2, 0.25) is 0 Å². The van der Waals surface area contributed by atoms with Gasteiger partial charge in [0.15, 0.2) is 11.5 Å². The lowest BCUT2D eigenvalue weighted by atomic mass is 10.1. The molecule has 1 rings (SSSR count). The fraction of sp³-hybridized carbons (Fsp3) is 0.474. The quantitative estimate of drug-likeness (QED) is 0.389. The van der Waals surface area contributed by atoms with Gasteiger partial charge in [0.1, 0.15) is 0 Å². The second kappa shape index (κ2) is 10.5. The second-order valence-corrected chi connectivity index (χ2v) is 5.44. The van der Waals surface area contributed by atoms with E-state index < -0.39 is 5.97 Å². The Morgan fingerprint density at radius 3 is 2.42 bits per heavy atom. The lowest BCUT2D eigenvalue weighted by Crippen LogP contribution is -2.09. The minimum absolute atomic E-state index is 0.293. The van der Waals surface area contributed by atoms with E-state index in [1.807, 2.05) is 20.8 Å². The van der Waals surface area contributed by atoms with E-state index in [4.69, 9.17) is 9.47 Å². The number of ether oxygens (including phenoxy) is 2. The van der Waals surface area contributed by atoms with Crippen molar-refractivity contribution in [1.29, 1.82) is 0 Å². The number of hydrogen-bond donors (Lipinski definition) is 1. The Labute approximate surface area is 143 Å². The fourth-order valence-electron chi connectivity index (χ4n) is 2.17. The molecule has 0 heterocycles. The highest BCUT2D eigenvalue weighted by atomic mass is 16.6. The van der Waals surface area contributed by atoms with E-state index in [-0.39, 0.29) is 5.97 Å². The van der Waals surface area contributed by atoms with Crippen molar-refractivity contribution in [2.45, 2.75) is 52.9 Å². The molecule has 0 aliphatic rings. The Morgan fingerprint density at radius 2 is 1.83 bits per heavy atom. The van der Waals surface area contributed by atoms with Crippen molar-refractivity contribution in [3.8, 4) is 11.5 Å². The predicted octanol–water partition coefficient (Wildman–Crippen LogP) is 4.45. The molecule has 5 nitrogen and oxygen atoms in total. The van der Waals surface area contributed by atoms with E-state index >= 15 is 0 Å². The number of carboxylic acid groups (broad SMARTS) is 1. The molecule has 0 radical (unpaired) electrons. The maximum Gasteiger partial charge on any atom is 0.331 e. The summed E-state index contributed by atoms with van der Waals surface area (Å²) in [6.07, 6.45) is 4.94. The predicted molar refractivity (Wildman–Crippen MR) is 93.3 cm³/mol. The summed E-state index contributed by atoms with van der Waals surface area (Å²) in [4.78, 5) is 23.0. The Morgan fingerprint density at radius 1 is 1.08 bits per heavy atom. The minimum atomic E-state index is -0.926. The number of rotatable bonds is 10. The summed E-state index contributed by atoms with van der Waals surface area (Å²) in [6, 6.07) is 5.07. The molecule has 0 bridgehead atoms. The number of aliphatic carboxylic acids is 1. The third-order valence-electron chi connectivity index (χ3n) is 3.36. The molecule has 24 heavy (non-hydrogen) atoms.